The maximum atomic E-state index is 11.6. The van der Waals surface area contributed by atoms with E-state index in [4.69, 9.17) is 10.5 Å². The summed E-state index contributed by atoms with van der Waals surface area (Å²) in [5.74, 6) is 0.964. The van der Waals surface area contributed by atoms with Gasteiger partial charge in [0.05, 0.1) is 6.54 Å². The first-order chi connectivity index (χ1) is 12.5. The van der Waals surface area contributed by atoms with Crippen molar-refractivity contribution in [2.24, 2.45) is 10.7 Å². The van der Waals surface area contributed by atoms with Gasteiger partial charge in [0, 0.05) is 32.6 Å². The minimum atomic E-state index is -0.511. The summed E-state index contributed by atoms with van der Waals surface area (Å²) in [5, 5.41) is 6.61. The van der Waals surface area contributed by atoms with Gasteiger partial charge in [-0.3, -0.25) is 9.59 Å². The Morgan fingerprint density at radius 1 is 1.46 bits per heavy atom. The number of rotatable bonds is 7. The summed E-state index contributed by atoms with van der Waals surface area (Å²) in [6, 6.07) is 7.58. The van der Waals surface area contributed by atoms with Crippen LogP contribution >= 0.6 is 0 Å². The van der Waals surface area contributed by atoms with E-state index in [0.29, 0.717) is 31.2 Å². The van der Waals surface area contributed by atoms with Crippen molar-refractivity contribution < 1.29 is 14.3 Å². The first-order valence-corrected chi connectivity index (χ1v) is 8.76. The summed E-state index contributed by atoms with van der Waals surface area (Å²) in [7, 11) is 1.82. The highest BCUT2D eigenvalue weighted by Crippen LogP contribution is 2.14. The van der Waals surface area contributed by atoms with Gasteiger partial charge in [0.25, 0.3) is 5.91 Å². The number of nitrogens with one attached hydrogen (secondary N) is 2. The number of guanidine groups is 1. The maximum absolute atomic E-state index is 11.6. The van der Waals surface area contributed by atoms with E-state index in [2.05, 4.69) is 15.6 Å². The zero-order valence-corrected chi connectivity index (χ0v) is 15.3. The molecule has 0 saturated carbocycles. The van der Waals surface area contributed by atoms with E-state index >= 15 is 0 Å². The number of likely N-dealkylation sites (N-methyl/N-ethyl adjacent to an activating group) is 1. The Balaban J connectivity index is 1.96. The number of amides is 2. The van der Waals surface area contributed by atoms with Crippen molar-refractivity contribution in [2.45, 2.75) is 32.4 Å². The number of hydrogen-bond acceptors (Lipinski definition) is 4. The molecule has 0 radical (unpaired) electrons. The third-order valence-corrected chi connectivity index (χ3v) is 4.01. The van der Waals surface area contributed by atoms with Crippen molar-refractivity contribution in [3.63, 3.8) is 0 Å². The van der Waals surface area contributed by atoms with Gasteiger partial charge in [-0.1, -0.05) is 12.1 Å². The van der Waals surface area contributed by atoms with Crippen LogP contribution in [0.5, 0.6) is 5.75 Å². The predicted octanol–water partition coefficient (Wildman–Crippen LogP) is 0.227. The third kappa shape index (κ3) is 6.27. The van der Waals surface area contributed by atoms with Crippen molar-refractivity contribution in [3.8, 4) is 5.75 Å². The molecule has 1 aliphatic heterocycles. The Morgan fingerprint density at radius 3 is 2.96 bits per heavy atom. The first-order valence-electron chi connectivity index (χ1n) is 8.76. The summed E-state index contributed by atoms with van der Waals surface area (Å²) in [6.07, 6.45) is 1.34. The average molecular weight is 361 g/mol. The minimum Gasteiger partial charge on any atom is -0.484 e. The summed E-state index contributed by atoms with van der Waals surface area (Å²) >= 11 is 0. The molecule has 1 atom stereocenters. The number of likely N-dealkylation sites (tertiary alicyclic amines) is 1. The standard InChI is InChI=1S/C18H27N5O3/c1-3-20-18(22-14-7-8-17(25)23(2)11-14)21-10-13-5-4-6-15(9-13)26-12-16(19)24/h4-6,9,14H,3,7-8,10-12H2,1-2H3,(H2,19,24)(H2,20,21,22). The van der Waals surface area contributed by atoms with Gasteiger partial charge in [-0.05, 0) is 31.0 Å². The number of carbonyl (C=O) groups excluding carboxylic acids is 2. The van der Waals surface area contributed by atoms with Gasteiger partial charge < -0.3 is 26.0 Å². The van der Waals surface area contributed by atoms with Crippen LogP contribution in [-0.4, -0.2) is 55.5 Å². The Bertz CT molecular complexity index is 662. The Kier molecular flexibility index (Phi) is 7.25. The highest BCUT2D eigenvalue weighted by Gasteiger charge is 2.23. The second-order valence-electron chi connectivity index (χ2n) is 6.25. The largest absolute Gasteiger partial charge is 0.484 e. The van der Waals surface area contributed by atoms with Gasteiger partial charge in [0.15, 0.2) is 12.6 Å². The number of carbonyl (C=O) groups is 2. The van der Waals surface area contributed by atoms with Gasteiger partial charge in [-0.15, -0.1) is 0 Å². The molecule has 8 nitrogen and oxygen atoms in total. The first kappa shape index (κ1) is 19.6. The van der Waals surface area contributed by atoms with E-state index in [9.17, 15) is 9.59 Å². The molecule has 0 bridgehead atoms. The van der Waals surface area contributed by atoms with Crippen molar-refractivity contribution in [3.05, 3.63) is 29.8 Å². The van der Waals surface area contributed by atoms with Crippen LogP contribution in [0.2, 0.25) is 0 Å². The van der Waals surface area contributed by atoms with Crippen molar-refractivity contribution in [2.75, 3.05) is 26.7 Å². The molecule has 1 fully saturated rings. The molecule has 26 heavy (non-hydrogen) atoms. The molecule has 8 heteroatoms. The molecule has 2 rings (SSSR count). The normalized spacial score (nSPS) is 17.8. The molecule has 1 aromatic carbocycles. The smallest absolute Gasteiger partial charge is 0.255 e. The summed E-state index contributed by atoms with van der Waals surface area (Å²) in [6.45, 7) is 3.73. The highest BCUT2D eigenvalue weighted by atomic mass is 16.5. The summed E-state index contributed by atoms with van der Waals surface area (Å²) in [5.41, 5.74) is 6.05. The van der Waals surface area contributed by atoms with Crippen LogP contribution in [0.4, 0.5) is 0 Å². The fourth-order valence-corrected chi connectivity index (χ4v) is 2.70. The molecule has 142 valence electrons. The van der Waals surface area contributed by atoms with Crippen LogP contribution in [0.25, 0.3) is 0 Å². The van der Waals surface area contributed by atoms with E-state index in [0.717, 1.165) is 18.5 Å². The molecule has 1 aromatic rings. The van der Waals surface area contributed by atoms with Crippen LogP contribution in [0.3, 0.4) is 0 Å². The van der Waals surface area contributed by atoms with Crippen LogP contribution < -0.4 is 21.1 Å². The Hall–Kier alpha value is -2.77. The lowest BCUT2D eigenvalue weighted by atomic mass is 10.1. The average Bonchev–Trinajstić information content (AvgIpc) is 2.61. The third-order valence-electron chi connectivity index (χ3n) is 4.01. The molecule has 0 aromatic heterocycles. The second-order valence-corrected chi connectivity index (χ2v) is 6.25. The molecule has 1 aliphatic rings. The lowest BCUT2D eigenvalue weighted by Crippen LogP contribution is -2.51. The highest BCUT2D eigenvalue weighted by molar-refractivity contribution is 5.81. The molecule has 0 spiro atoms. The Labute approximate surface area is 153 Å². The van der Waals surface area contributed by atoms with Crippen molar-refractivity contribution in [1.82, 2.24) is 15.5 Å². The number of nitrogens with two attached hydrogens (primary N) is 1. The van der Waals surface area contributed by atoms with Gasteiger partial charge in [0.2, 0.25) is 5.91 Å². The number of piperidine rings is 1. The van der Waals surface area contributed by atoms with Gasteiger partial charge in [0.1, 0.15) is 5.75 Å². The van der Waals surface area contributed by atoms with Gasteiger partial charge in [-0.2, -0.15) is 0 Å². The molecular formula is C18H27N5O3. The minimum absolute atomic E-state index is 0.148. The maximum Gasteiger partial charge on any atom is 0.255 e. The van der Waals surface area contributed by atoms with E-state index in [1.807, 2.05) is 32.2 Å². The van der Waals surface area contributed by atoms with E-state index < -0.39 is 5.91 Å². The van der Waals surface area contributed by atoms with E-state index in [1.165, 1.54) is 0 Å². The summed E-state index contributed by atoms with van der Waals surface area (Å²) < 4.78 is 5.31. The molecule has 1 unspecified atom stereocenters. The zero-order valence-electron chi connectivity index (χ0n) is 15.3. The van der Waals surface area contributed by atoms with Gasteiger partial charge in [-0.25, -0.2) is 4.99 Å². The van der Waals surface area contributed by atoms with Crippen molar-refractivity contribution in [1.29, 1.82) is 0 Å². The lowest BCUT2D eigenvalue weighted by molar-refractivity contribution is -0.132. The Morgan fingerprint density at radius 2 is 2.27 bits per heavy atom. The quantitative estimate of drug-likeness (QED) is 0.476. The summed E-state index contributed by atoms with van der Waals surface area (Å²) in [4.78, 5) is 28.8. The molecule has 0 aliphatic carbocycles. The van der Waals surface area contributed by atoms with Crippen LogP contribution in [0.1, 0.15) is 25.3 Å². The van der Waals surface area contributed by atoms with Crippen LogP contribution in [-0.2, 0) is 16.1 Å². The van der Waals surface area contributed by atoms with Gasteiger partial charge >= 0.3 is 0 Å². The fraction of sp³-hybridized carbons (Fsp3) is 0.500. The topological polar surface area (TPSA) is 109 Å². The predicted molar refractivity (Wildman–Crippen MR) is 99.7 cm³/mol. The number of hydrogen-bond donors (Lipinski definition) is 3. The van der Waals surface area contributed by atoms with E-state index in [1.54, 1.807) is 11.0 Å². The number of primary amides is 1. The number of benzene rings is 1. The van der Waals surface area contributed by atoms with Crippen LogP contribution in [0, 0.1) is 0 Å². The monoisotopic (exact) mass is 361 g/mol. The zero-order chi connectivity index (χ0) is 18.9. The lowest BCUT2D eigenvalue weighted by Gasteiger charge is -2.31. The number of aliphatic imine (C=N–C) groups is 1. The molecule has 4 N–H and O–H groups in total. The fourth-order valence-electron chi connectivity index (χ4n) is 2.70. The van der Waals surface area contributed by atoms with E-state index in [-0.39, 0.29) is 18.6 Å². The van der Waals surface area contributed by atoms with Crippen LogP contribution in [0.15, 0.2) is 29.3 Å². The second kappa shape index (κ2) is 9.65. The molecule has 1 heterocycles. The molecule has 2 amide bonds. The number of nitrogens with zero attached hydrogens (tertiary/aromatic N) is 2. The SMILES string of the molecule is CCNC(=NCc1cccc(OCC(N)=O)c1)NC1CCC(=O)N(C)C1. The number of ether oxygens (including phenoxy) is 1. The van der Waals surface area contributed by atoms with Crippen molar-refractivity contribution >= 4 is 17.8 Å². The molecule has 1 saturated heterocycles. The molecular weight excluding hydrogens is 334 g/mol.